The van der Waals surface area contributed by atoms with Crippen LogP contribution in [0.2, 0.25) is 0 Å². The summed E-state index contributed by atoms with van der Waals surface area (Å²) in [6, 6.07) is 15.5. The summed E-state index contributed by atoms with van der Waals surface area (Å²) < 4.78 is 6.08. The molecule has 1 saturated carbocycles. The van der Waals surface area contributed by atoms with Crippen LogP contribution in [-0.4, -0.2) is 42.2 Å². The molecule has 2 fully saturated rings. The van der Waals surface area contributed by atoms with E-state index in [2.05, 4.69) is 17.4 Å². The molecule has 2 aromatic rings. The smallest absolute Gasteiger partial charge is 0.251 e. The van der Waals surface area contributed by atoms with Crippen LogP contribution in [0.25, 0.3) is 0 Å². The van der Waals surface area contributed by atoms with Crippen molar-refractivity contribution in [1.82, 2.24) is 10.2 Å². The molecule has 1 saturated heterocycles. The molecule has 2 aromatic carbocycles. The number of carbonyl (C=O) groups is 2. The predicted octanol–water partition coefficient (Wildman–Crippen LogP) is 4.12. The number of nitrogens with one attached hydrogen (secondary N) is 1. The van der Waals surface area contributed by atoms with Crippen LogP contribution in [0.3, 0.4) is 0 Å². The topological polar surface area (TPSA) is 58.6 Å². The first-order valence-electron chi connectivity index (χ1n) is 10.6. The van der Waals surface area contributed by atoms with Crippen LogP contribution in [0, 0.1) is 5.92 Å². The van der Waals surface area contributed by atoms with E-state index in [4.69, 9.17) is 4.74 Å². The SMILES string of the molecule is CSc1cccc(CNC(=O)c2ccc(OC3CCN(C(=O)C4CC4)CC3)cc2)c1. The van der Waals surface area contributed by atoms with Gasteiger partial charge in [0.1, 0.15) is 11.9 Å². The van der Waals surface area contributed by atoms with Crippen molar-refractivity contribution in [2.45, 2.75) is 43.2 Å². The fraction of sp³-hybridized carbons (Fsp3) is 0.417. The highest BCUT2D eigenvalue weighted by atomic mass is 32.2. The van der Waals surface area contributed by atoms with Crippen molar-refractivity contribution in [3.8, 4) is 5.75 Å². The first kappa shape index (κ1) is 20.8. The second-order valence-electron chi connectivity index (χ2n) is 7.98. The van der Waals surface area contributed by atoms with E-state index in [1.807, 2.05) is 35.4 Å². The fourth-order valence-electron chi connectivity index (χ4n) is 3.73. The van der Waals surface area contributed by atoms with Crippen molar-refractivity contribution < 1.29 is 14.3 Å². The summed E-state index contributed by atoms with van der Waals surface area (Å²) in [6.45, 7) is 2.06. The number of likely N-dealkylation sites (tertiary alicyclic amines) is 1. The molecular formula is C24H28N2O3S. The predicted molar refractivity (Wildman–Crippen MR) is 119 cm³/mol. The first-order chi connectivity index (χ1) is 14.6. The molecule has 4 rings (SSSR count). The number of nitrogens with zero attached hydrogens (tertiary/aromatic N) is 1. The number of thioether (sulfide) groups is 1. The van der Waals surface area contributed by atoms with Gasteiger partial charge in [-0.3, -0.25) is 9.59 Å². The number of amides is 2. The van der Waals surface area contributed by atoms with Crippen molar-refractivity contribution in [1.29, 1.82) is 0 Å². The Morgan fingerprint density at radius 1 is 1.07 bits per heavy atom. The second-order valence-corrected chi connectivity index (χ2v) is 8.86. The van der Waals surface area contributed by atoms with E-state index in [0.29, 0.717) is 18.0 Å². The summed E-state index contributed by atoms with van der Waals surface area (Å²) in [5.41, 5.74) is 1.70. The normalized spacial score (nSPS) is 16.9. The van der Waals surface area contributed by atoms with Crippen LogP contribution in [0.5, 0.6) is 5.75 Å². The van der Waals surface area contributed by atoms with E-state index >= 15 is 0 Å². The molecule has 1 aliphatic heterocycles. The summed E-state index contributed by atoms with van der Waals surface area (Å²) in [6.07, 6.45) is 5.99. The van der Waals surface area contributed by atoms with E-state index in [-0.39, 0.29) is 17.9 Å². The summed E-state index contributed by atoms with van der Waals surface area (Å²) in [5, 5.41) is 2.97. The minimum atomic E-state index is -0.0944. The van der Waals surface area contributed by atoms with Crippen LogP contribution in [0.15, 0.2) is 53.4 Å². The van der Waals surface area contributed by atoms with E-state index in [1.54, 1.807) is 23.9 Å². The number of piperidine rings is 1. The standard InChI is InChI=1S/C24H28N2O3S/c1-30-22-4-2-3-17(15-22)16-25-23(27)18-7-9-20(10-8-18)29-21-11-13-26(14-12-21)24(28)19-5-6-19/h2-4,7-10,15,19,21H,5-6,11-14,16H2,1H3,(H,25,27). The molecule has 0 spiro atoms. The third-order valence-corrected chi connectivity index (χ3v) is 6.41. The van der Waals surface area contributed by atoms with Crippen molar-refractivity contribution in [3.05, 3.63) is 59.7 Å². The van der Waals surface area contributed by atoms with Gasteiger partial charge < -0.3 is 15.0 Å². The van der Waals surface area contributed by atoms with Gasteiger partial charge >= 0.3 is 0 Å². The minimum Gasteiger partial charge on any atom is -0.490 e. The fourth-order valence-corrected chi connectivity index (χ4v) is 4.21. The van der Waals surface area contributed by atoms with Crippen molar-refractivity contribution in [3.63, 3.8) is 0 Å². The van der Waals surface area contributed by atoms with E-state index in [0.717, 1.165) is 50.1 Å². The molecule has 0 unspecified atom stereocenters. The van der Waals surface area contributed by atoms with Gasteiger partial charge in [0.15, 0.2) is 0 Å². The lowest BCUT2D eigenvalue weighted by molar-refractivity contribution is -0.134. The van der Waals surface area contributed by atoms with Crippen LogP contribution < -0.4 is 10.1 Å². The lowest BCUT2D eigenvalue weighted by atomic mass is 10.1. The number of rotatable bonds is 7. The summed E-state index contributed by atoms with van der Waals surface area (Å²) in [5.74, 6) is 1.29. The van der Waals surface area contributed by atoms with Crippen molar-refractivity contribution >= 4 is 23.6 Å². The Kier molecular flexibility index (Phi) is 6.62. The first-order valence-corrected chi connectivity index (χ1v) is 11.8. The van der Waals surface area contributed by atoms with Crippen LogP contribution in [0.1, 0.15) is 41.6 Å². The van der Waals surface area contributed by atoms with Gasteiger partial charge in [-0.25, -0.2) is 0 Å². The zero-order valence-corrected chi connectivity index (χ0v) is 18.1. The van der Waals surface area contributed by atoms with Gasteiger partial charge in [-0.1, -0.05) is 12.1 Å². The highest BCUT2D eigenvalue weighted by Crippen LogP contribution is 2.32. The number of carbonyl (C=O) groups excluding carboxylic acids is 2. The molecule has 2 aliphatic rings. The summed E-state index contributed by atoms with van der Waals surface area (Å²) in [7, 11) is 0. The van der Waals surface area contributed by atoms with Gasteiger partial charge in [-0.05, 0) is 61.1 Å². The number of ether oxygens (including phenoxy) is 1. The Bertz CT molecular complexity index is 888. The van der Waals surface area contributed by atoms with Crippen LogP contribution in [0.4, 0.5) is 0 Å². The maximum atomic E-state index is 12.4. The Labute approximate surface area is 182 Å². The average Bonchev–Trinajstić information content (AvgIpc) is 3.64. The van der Waals surface area contributed by atoms with Crippen molar-refractivity contribution in [2.75, 3.05) is 19.3 Å². The molecular weight excluding hydrogens is 396 g/mol. The lowest BCUT2D eigenvalue weighted by Gasteiger charge is -2.32. The Morgan fingerprint density at radius 2 is 1.80 bits per heavy atom. The zero-order chi connectivity index (χ0) is 20.9. The largest absolute Gasteiger partial charge is 0.490 e. The van der Waals surface area contributed by atoms with Crippen LogP contribution in [-0.2, 0) is 11.3 Å². The molecule has 1 heterocycles. The van der Waals surface area contributed by atoms with E-state index in [9.17, 15) is 9.59 Å². The molecule has 30 heavy (non-hydrogen) atoms. The average molecular weight is 425 g/mol. The third-order valence-electron chi connectivity index (χ3n) is 5.69. The molecule has 0 aromatic heterocycles. The summed E-state index contributed by atoms with van der Waals surface area (Å²) >= 11 is 1.69. The molecule has 6 heteroatoms. The highest BCUT2D eigenvalue weighted by Gasteiger charge is 2.35. The number of benzene rings is 2. The van der Waals surface area contributed by atoms with Gasteiger partial charge in [-0.2, -0.15) is 0 Å². The molecule has 158 valence electrons. The second kappa shape index (κ2) is 9.56. The monoisotopic (exact) mass is 424 g/mol. The summed E-state index contributed by atoms with van der Waals surface area (Å²) in [4.78, 5) is 27.8. The van der Waals surface area contributed by atoms with Gasteiger partial charge in [0, 0.05) is 48.9 Å². The zero-order valence-electron chi connectivity index (χ0n) is 17.3. The number of hydrogen-bond acceptors (Lipinski definition) is 4. The van der Waals surface area contributed by atoms with Crippen molar-refractivity contribution in [2.24, 2.45) is 5.92 Å². The molecule has 0 bridgehead atoms. The van der Waals surface area contributed by atoms with Gasteiger partial charge in [0.05, 0.1) is 0 Å². The molecule has 0 radical (unpaired) electrons. The quantitative estimate of drug-likeness (QED) is 0.680. The molecule has 1 N–H and O–H groups in total. The van der Waals surface area contributed by atoms with E-state index < -0.39 is 0 Å². The minimum absolute atomic E-state index is 0.0944. The maximum Gasteiger partial charge on any atom is 0.251 e. The Hall–Kier alpha value is -2.47. The van der Waals surface area contributed by atoms with Gasteiger partial charge in [-0.15, -0.1) is 11.8 Å². The van der Waals surface area contributed by atoms with Gasteiger partial charge in [0.25, 0.3) is 5.91 Å². The lowest BCUT2D eigenvalue weighted by Crippen LogP contribution is -2.42. The highest BCUT2D eigenvalue weighted by molar-refractivity contribution is 7.98. The third kappa shape index (κ3) is 5.36. The Morgan fingerprint density at radius 3 is 2.47 bits per heavy atom. The molecule has 0 atom stereocenters. The Balaban J connectivity index is 1.24. The molecule has 5 nitrogen and oxygen atoms in total. The van der Waals surface area contributed by atoms with Gasteiger partial charge in [0.2, 0.25) is 5.91 Å². The van der Waals surface area contributed by atoms with E-state index in [1.165, 1.54) is 4.90 Å². The number of hydrogen-bond donors (Lipinski definition) is 1. The molecule has 1 aliphatic carbocycles. The molecule has 2 amide bonds. The maximum absolute atomic E-state index is 12.4. The van der Waals surface area contributed by atoms with Crippen LogP contribution >= 0.6 is 11.8 Å².